The highest BCUT2D eigenvalue weighted by Crippen LogP contribution is 2.34. The van der Waals surface area contributed by atoms with E-state index < -0.39 is 11.9 Å². The lowest BCUT2D eigenvalue weighted by atomic mass is 10.1. The summed E-state index contributed by atoms with van der Waals surface area (Å²) in [6.45, 7) is 1.99. The molecule has 10 heteroatoms. The second-order valence-electron chi connectivity index (χ2n) is 7.03. The molecule has 0 unspecified atom stereocenters. The lowest BCUT2D eigenvalue weighted by Gasteiger charge is -2.14. The molecule has 0 saturated heterocycles. The van der Waals surface area contributed by atoms with Gasteiger partial charge in [0.15, 0.2) is 0 Å². The van der Waals surface area contributed by atoms with Crippen LogP contribution in [0, 0.1) is 0 Å². The lowest BCUT2D eigenvalue weighted by molar-refractivity contribution is -0.140. The number of hydrogen-bond donors (Lipinski definition) is 2. The van der Waals surface area contributed by atoms with Gasteiger partial charge in [0.05, 0.1) is 16.9 Å². The monoisotopic (exact) mass is 457 g/mol. The second kappa shape index (κ2) is 8.91. The fraction of sp³-hybridized carbons (Fsp3) is 0.182. The zero-order valence-electron chi connectivity index (χ0n) is 16.9. The molecule has 0 aliphatic heterocycles. The van der Waals surface area contributed by atoms with Crippen LogP contribution >= 0.6 is 11.5 Å². The minimum Gasteiger partial charge on any atom is -0.355 e. The SMILES string of the molecule is CCCc1nnsc1C(=O)Nc1cccc(Nc2cc(C(F)(F)F)nc3ccccc23)c1. The van der Waals surface area contributed by atoms with Gasteiger partial charge in [-0.15, -0.1) is 5.10 Å². The zero-order chi connectivity index (χ0) is 22.7. The van der Waals surface area contributed by atoms with Gasteiger partial charge in [0.25, 0.3) is 5.91 Å². The molecule has 2 aromatic heterocycles. The predicted octanol–water partition coefficient (Wildman–Crippen LogP) is 6.05. The lowest BCUT2D eigenvalue weighted by Crippen LogP contribution is -2.12. The second-order valence-corrected chi connectivity index (χ2v) is 7.78. The summed E-state index contributed by atoms with van der Waals surface area (Å²) in [6, 6.07) is 14.3. The first-order valence-corrected chi connectivity index (χ1v) is 10.6. The third-order valence-electron chi connectivity index (χ3n) is 4.65. The number of carbonyl (C=O) groups is 1. The number of aryl methyl sites for hydroxylation is 1. The Balaban J connectivity index is 1.61. The Morgan fingerprint density at radius 1 is 1.06 bits per heavy atom. The molecule has 2 N–H and O–H groups in total. The third kappa shape index (κ3) is 4.70. The number of fused-ring (bicyclic) bond motifs is 1. The van der Waals surface area contributed by atoms with E-state index in [0.29, 0.717) is 33.8 Å². The van der Waals surface area contributed by atoms with E-state index >= 15 is 0 Å². The fourth-order valence-electron chi connectivity index (χ4n) is 3.22. The molecule has 0 aliphatic rings. The molecule has 0 bridgehead atoms. The van der Waals surface area contributed by atoms with Crippen molar-refractivity contribution in [3.05, 3.63) is 70.9 Å². The summed E-state index contributed by atoms with van der Waals surface area (Å²) < 4.78 is 43.8. The van der Waals surface area contributed by atoms with Crippen LogP contribution in [0.2, 0.25) is 0 Å². The number of benzene rings is 2. The number of amides is 1. The van der Waals surface area contributed by atoms with Gasteiger partial charge in [-0.25, -0.2) is 4.98 Å². The van der Waals surface area contributed by atoms with Crippen molar-refractivity contribution in [2.45, 2.75) is 25.9 Å². The molecule has 1 amide bonds. The largest absolute Gasteiger partial charge is 0.433 e. The molecule has 32 heavy (non-hydrogen) atoms. The number of aromatic nitrogens is 3. The molecule has 6 nitrogen and oxygen atoms in total. The van der Waals surface area contributed by atoms with Gasteiger partial charge in [0.2, 0.25) is 0 Å². The van der Waals surface area contributed by atoms with Crippen LogP contribution in [-0.2, 0) is 12.6 Å². The van der Waals surface area contributed by atoms with Gasteiger partial charge in [-0.1, -0.05) is 42.1 Å². The maximum Gasteiger partial charge on any atom is 0.433 e. The molecule has 2 aromatic carbocycles. The number of pyridine rings is 1. The van der Waals surface area contributed by atoms with Crippen LogP contribution in [0.15, 0.2) is 54.6 Å². The number of halogens is 3. The van der Waals surface area contributed by atoms with Crippen molar-refractivity contribution in [3.63, 3.8) is 0 Å². The van der Waals surface area contributed by atoms with Crippen LogP contribution < -0.4 is 10.6 Å². The van der Waals surface area contributed by atoms with Crippen molar-refractivity contribution in [3.8, 4) is 0 Å². The molecule has 2 heterocycles. The molecule has 0 spiro atoms. The summed E-state index contributed by atoms with van der Waals surface area (Å²) in [6.07, 6.45) is -3.09. The summed E-state index contributed by atoms with van der Waals surface area (Å²) in [4.78, 5) is 16.8. The third-order valence-corrected chi connectivity index (χ3v) is 5.42. The summed E-state index contributed by atoms with van der Waals surface area (Å²) in [7, 11) is 0. The minimum absolute atomic E-state index is 0.232. The highest BCUT2D eigenvalue weighted by atomic mass is 32.1. The van der Waals surface area contributed by atoms with Gasteiger partial charge < -0.3 is 10.6 Å². The summed E-state index contributed by atoms with van der Waals surface area (Å²) in [5, 5.41) is 10.4. The first kappa shape index (κ1) is 21.7. The Kier molecular flexibility index (Phi) is 6.04. The molecule has 0 atom stereocenters. The van der Waals surface area contributed by atoms with Crippen molar-refractivity contribution >= 4 is 45.4 Å². The quantitative estimate of drug-likeness (QED) is 0.368. The Morgan fingerprint density at radius 3 is 2.62 bits per heavy atom. The van der Waals surface area contributed by atoms with Gasteiger partial charge in [0.1, 0.15) is 10.6 Å². The van der Waals surface area contributed by atoms with E-state index in [1.54, 1.807) is 42.5 Å². The minimum atomic E-state index is -4.57. The van der Waals surface area contributed by atoms with E-state index in [-0.39, 0.29) is 17.1 Å². The van der Waals surface area contributed by atoms with Crippen molar-refractivity contribution in [2.24, 2.45) is 0 Å². The van der Waals surface area contributed by atoms with Crippen molar-refractivity contribution in [2.75, 3.05) is 10.6 Å². The van der Waals surface area contributed by atoms with Crippen molar-refractivity contribution in [1.82, 2.24) is 14.6 Å². The summed E-state index contributed by atoms with van der Waals surface area (Å²) in [5.74, 6) is -0.325. The first-order valence-electron chi connectivity index (χ1n) is 9.82. The van der Waals surface area contributed by atoms with E-state index in [4.69, 9.17) is 0 Å². The van der Waals surface area contributed by atoms with E-state index in [1.165, 1.54) is 6.07 Å². The number of nitrogens with zero attached hydrogens (tertiary/aromatic N) is 3. The number of hydrogen-bond acceptors (Lipinski definition) is 6. The maximum absolute atomic E-state index is 13.3. The first-order chi connectivity index (χ1) is 15.3. The van der Waals surface area contributed by atoms with Crippen LogP contribution in [0.3, 0.4) is 0 Å². The number of para-hydroxylation sites is 1. The average molecular weight is 457 g/mol. The molecule has 0 fully saturated rings. The van der Waals surface area contributed by atoms with Gasteiger partial charge in [0, 0.05) is 16.8 Å². The average Bonchev–Trinajstić information content (AvgIpc) is 3.22. The standard InChI is InChI=1S/C22H18F3N5OS/c1-2-6-17-20(32-30-29-17)21(31)27-14-8-5-7-13(11-14)26-18-12-19(22(23,24)25)28-16-10-4-3-9-15(16)18/h3-5,7-12H,2,6H2,1H3,(H,26,28)(H,27,31). The summed E-state index contributed by atoms with van der Waals surface area (Å²) in [5.41, 5.74) is 1.17. The fourth-order valence-corrected chi connectivity index (χ4v) is 3.83. The Morgan fingerprint density at radius 2 is 1.84 bits per heavy atom. The highest BCUT2D eigenvalue weighted by Gasteiger charge is 2.33. The zero-order valence-corrected chi connectivity index (χ0v) is 17.7. The molecule has 4 rings (SSSR count). The van der Waals surface area contributed by atoms with Gasteiger partial charge in [-0.05, 0) is 48.3 Å². The number of carbonyl (C=O) groups excluding carboxylic acids is 1. The van der Waals surface area contributed by atoms with E-state index in [1.807, 2.05) is 6.92 Å². The Bertz CT molecular complexity index is 1270. The van der Waals surface area contributed by atoms with Crippen LogP contribution in [0.5, 0.6) is 0 Å². The van der Waals surface area contributed by atoms with Crippen LogP contribution in [-0.4, -0.2) is 20.5 Å². The summed E-state index contributed by atoms with van der Waals surface area (Å²) >= 11 is 1.03. The molecular formula is C22H18F3N5OS. The topological polar surface area (TPSA) is 79.8 Å². The Labute approximate surface area is 185 Å². The van der Waals surface area contributed by atoms with E-state index in [0.717, 1.165) is 24.0 Å². The van der Waals surface area contributed by atoms with E-state index in [2.05, 4.69) is 25.2 Å². The normalized spacial score (nSPS) is 11.5. The molecule has 164 valence electrons. The molecule has 4 aromatic rings. The number of alkyl halides is 3. The van der Waals surface area contributed by atoms with Crippen molar-refractivity contribution in [1.29, 1.82) is 0 Å². The smallest absolute Gasteiger partial charge is 0.355 e. The van der Waals surface area contributed by atoms with Crippen LogP contribution in [0.1, 0.15) is 34.4 Å². The van der Waals surface area contributed by atoms with Gasteiger partial charge in [-0.3, -0.25) is 4.79 Å². The predicted molar refractivity (Wildman–Crippen MR) is 118 cm³/mol. The van der Waals surface area contributed by atoms with Gasteiger partial charge in [-0.2, -0.15) is 13.2 Å². The number of anilines is 3. The molecule has 0 aliphatic carbocycles. The maximum atomic E-state index is 13.3. The van der Waals surface area contributed by atoms with Crippen molar-refractivity contribution < 1.29 is 18.0 Å². The highest BCUT2D eigenvalue weighted by molar-refractivity contribution is 7.08. The molecule has 0 saturated carbocycles. The number of rotatable bonds is 6. The molecule has 0 radical (unpaired) electrons. The van der Waals surface area contributed by atoms with Gasteiger partial charge >= 0.3 is 6.18 Å². The van der Waals surface area contributed by atoms with Crippen LogP contribution in [0.25, 0.3) is 10.9 Å². The Hall–Kier alpha value is -3.53. The molecular weight excluding hydrogens is 439 g/mol. The van der Waals surface area contributed by atoms with E-state index in [9.17, 15) is 18.0 Å². The van der Waals surface area contributed by atoms with Crippen LogP contribution in [0.4, 0.5) is 30.2 Å². The number of nitrogens with one attached hydrogen (secondary N) is 2.